The normalized spacial score (nSPS) is 13.8. The number of halogens is 1. The van der Waals surface area contributed by atoms with Crippen molar-refractivity contribution < 1.29 is 4.39 Å². The van der Waals surface area contributed by atoms with Crippen molar-refractivity contribution in [1.29, 1.82) is 0 Å². The fourth-order valence-electron chi connectivity index (χ4n) is 4.55. The molecule has 37 heavy (non-hydrogen) atoms. The van der Waals surface area contributed by atoms with E-state index in [0.717, 1.165) is 21.4 Å². The number of aromatic nitrogens is 4. The summed E-state index contributed by atoms with van der Waals surface area (Å²) in [6.07, 6.45) is 0. The van der Waals surface area contributed by atoms with E-state index < -0.39 is 5.69 Å². The molecule has 2 aromatic heterocycles. The predicted octanol–water partition coefficient (Wildman–Crippen LogP) is 2.45. The third-order valence-electron chi connectivity index (χ3n) is 6.73. The van der Waals surface area contributed by atoms with Crippen LogP contribution in [0.3, 0.4) is 0 Å². The summed E-state index contributed by atoms with van der Waals surface area (Å²) in [5.41, 5.74) is 2.90. The number of nitrogens with zero attached hydrogens (tertiary/aromatic N) is 6. The SMILES string of the molecule is Cc1ccc(Cn2c(N3CCN(C(=S)Nc4ccc(F)cc4)CC3)nc3c2c(=O)n(C)c(=O)n3C)cc1. The molecule has 1 fully saturated rings. The molecule has 0 unspecified atom stereocenters. The number of fused-ring (bicyclic) bond motifs is 1. The molecule has 0 amide bonds. The van der Waals surface area contributed by atoms with E-state index in [1.165, 1.54) is 23.7 Å². The Balaban J connectivity index is 1.44. The van der Waals surface area contributed by atoms with Crippen molar-refractivity contribution in [2.45, 2.75) is 13.5 Å². The number of nitrogens with one attached hydrogen (secondary N) is 1. The van der Waals surface area contributed by atoms with Gasteiger partial charge in [-0.1, -0.05) is 29.8 Å². The number of imidazole rings is 1. The van der Waals surface area contributed by atoms with Gasteiger partial charge in [0, 0.05) is 46.0 Å². The molecule has 192 valence electrons. The Morgan fingerprint density at radius 2 is 1.62 bits per heavy atom. The summed E-state index contributed by atoms with van der Waals surface area (Å²) >= 11 is 5.58. The van der Waals surface area contributed by atoms with Crippen LogP contribution in [0.15, 0.2) is 58.1 Å². The van der Waals surface area contributed by atoms with Crippen LogP contribution in [0.25, 0.3) is 11.2 Å². The molecule has 11 heteroatoms. The lowest BCUT2D eigenvalue weighted by Crippen LogP contribution is -2.50. The highest BCUT2D eigenvalue weighted by molar-refractivity contribution is 7.80. The number of anilines is 2. The minimum Gasteiger partial charge on any atom is -0.345 e. The molecule has 4 aromatic rings. The van der Waals surface area contributed by atoms with Crippen molar-refractivity contribution in [3.8, 4) is 0 Å². The molecule has 9 nitrogen and oxygen atoms in total. The number of benzene rings is 2. The molecule has 1 aliphatic rings. The van der Waals surface area contributed by atoms with Crippen molar-refractivity contribution in [3.63, 3.8) is 0 Å². The van der Waals surface area contributed by atoms with Gasteiger partial charge in [0.2, 0.25) is 5.95 Å². The summed E-state index contributed by atoms with van der Waals surface area (Å²) < 4.78 is 17.7. The monoisotopic (exact) mass is 521 g/mol. The first-order valence-electron chi connectivity index (χ1n) is 12.0. The zero-order valence-corrected chi connectivity index (χ0v) is 21.8. The summed E-state index contributed by atoms with van der Waals surface area (Å²) in [5.74, 6) is 0.344. The van der Waals surface area contributed by atoms with E-state index >= 15 is 0 Å². The van der Waals surface area contributed by atoms with Gasteiger partial charge in [0.25, 0.3) is 5.56 Å². The van der Waals surface area contributed by atoms with Gasteiger partial charge in [-0.3, -0.25) is 18.5 Å². The summed E-state index contributed by atoms with van der Waals surface area (Å²) in [6, 6.07) is 14.2. The number of hydrogen-bond donors (Lipinski definition) is 1. The molecule has 0 bridgehead atoms. The molecule has 1 N–H and O–H groups in total. The van der Waals surface area contributed by atoms with Gasteiger partial charge in [-0.25, -0.2) is 9.18 Å². The third-order valence-corrected chi connectivity index (χ3v) is 7.09. The van der Waals surface area contributed by atoms with E-state index in [9.17, 15) is 14.0 Å². The fourth-order valence-corrected chi connectivity index (χ4v) is 4.85. The largest absolute Gasteiger partial charge is 0.345 e. The van der Waals surface area contributed by atoms with Gasteiger partial charge in [-0.2, -0.15) is 4.98 Å². The van der Waals surface area contributed by atoms with E-state index in [4.69, 9.17) is 17.2 Å². The summed E-state index contributed by atoms with van der Waals surface area (Å²) in [5, 5.41) is 3.73. The van der Waals surface area contributed by atoms with Crippen molar-refractivity contribution in [2.24, 2.45) is 14.1 Å². The molecule has 0 radical (unpaired) electrons. The van der Waals surface area contributed by atoms with E-state index in [1.54, 1.807) is 19.2 Å². The van der Waals surface area contributed by atoms with Gasteiger partial charge in [0.1, 0.15) is 5.82 Å². The molecule has 3 heterocycles. The number of rotatable bonds is 4. The van der Waals surface area contributed by atoms with Gasteiger partial charge < -0.3 is 15.1 Å². The van der Waals surface area contributed by atoms with Crippen molar-refractivity contribution >= 4 is 40.1 Å². The van der Waals surface area contributed by atoms with Crippen LogP contribution in [-0.4, -0.2) is 54.9 Å². The third kappa shape index (κ3) is 4.74. The van der Waals surface area contributed by atoms with Crippen LogP contribution < -0.4 is 21.5 Å². The lowest BCUT2D eigenvalue weighted by Gasteiger charge is -2.36. The highest BCUT2D eigenvalue weighted by atomic mass is 32.1. The maximum Gasteiger partial charge on any atom is 0.332 e. The second kappa shape index (κ2) is 9.81. The smallest absolute Gasteiger partial charge is 0.332 e. The number of piperazine rings is 1. The van der Waals surface area contributed by atoms with Gasteiger partial charge in [0.05, 0.1) is 6.54 Å². The second-order valence-corrected chi connectivity index (χ2v) is 9.66. The van der Waals surface area contributed by atoms with Crippen LogP contribution in [0.1, 0.15) is 11.1 Å². The van der Waals surface area contributed by atoms with E-state index in [-0.39, 0.29) is 11.4 Å². The van der Waals surface area contributed by atoms with Gasteiger partial charge in [-0.05, 0) is 49.0 Å². The second-order valence-electron chi connectivity index (χ2n) is 9.27. The van der Waals surface area contributed by atoms with Crippen molar-refractivity contribution in [1.82, 2.24) is 23.6 Å². The Morgan fingerprint density at radius 1 is 0.973 bits per heavy atom. The first kappa shape index (κ1) is 24.7. The Morgan fingerprint density at radius 3 is 2.27 bits per heavy atom. The molecular formula is C26H28FN7O2S. The van der Waals surface area contributed by atoms with E-state index in [2.05, 4.69) is 15.1 Å². The zero-order chi connectivity index (χ0) is 26.3. The average molecular weight is 522 g/mol. The minimum atomic E-state index is -0.411. The number of hydrogen-bond acceptors (Lipinski definition) is 5. The van der Waals surface area contributed by atoms with E-state index in [0.29, 0.717) is 54.9 Å². The molecule has 2 aromatic carbocycles. The van der Waals surface area contributed by atoms with Crippen LogP contribution in [0.2, 0.25) is 0 Å². The highest BCUT2D eigenvalue weighted by Crippen LogP contribution is 2.23. The van der Waals surface area contributed by atoms with Crippen molar-refractivity contribution in [3.05, 3.63) is 86.3 Å². The molecule has 0 aliphatic carbocycles. The van der Waals surface area contributed by atoms with Crippen LogP contribution in [0.4, 0.5) is 16.0 Å². The van der Waals surface area contributed by atoms with Crippen LogP contribution in [0.5, 0.6) is 0 Å². The topological polar surface area (TPSA) is 80.3 Å². The molecule has 1 saturated heterocycles. The van der Waals surface area contributed by atoms with Gasteiger partial charge in [-0.15, -0.1) is 0 Å². The molecular weight excluding hydrogens is 493 g/mol. The average Bonchev–Trinajstić information content (AvgIpc) is 3.28. The Kier molecular flexibility index (Phi) is 6.55. The fraction of sp³-hybridized carbons (Fsp3) is 0.308. The number of aryl methyl sites for hydroxylation is 2. The van der Waals surface area contributed by atoms with Crippen LogP contribution in [-0.2, 0) is 20.6 Å². The lowest BCUT2D eigenvalue weighted by atomic mass is 10.1. The maximum atomic E-state index is 13.2. The Labute approximate surface area is 218 Å². The van der Waals surface area contributed by atoms with Gasteiger partial charge >= 0.3 is 5.69 Å². The molecule has 0 spiro atoms. The van der Waals surface area contributed by atoms with Crippen LogP contribution >= 0.6 is 12.2 Å². The first-order valence-corrected chi connectivity index (χ1v) is 12.4. The first-order chi connectivity index (χ1) is 17.7. The van der Waals surface area contributed by atoms with Crippen LogP contribution in [0, 0.1) is 12.7 Å². The van der Waals surface area contributed by atoms with Gasteiger partial charge in [0.15, 0.2) is 16.3 Å². The quantitative estimate of drug-likeness (QED) is 0.413. The summed E-state index contributed by atoms with van der Waals surface area (Å²) in [7, 11) is 3.12. The lowest BCUT2D eigenvalue weighted by molar-refractivity contribution is 0.386. The number of thiocarbonyl (C=S) groups is 1. The van der Waals surface area contributed by atoms with Crippen molar-refractivity contribution in [2.75, 3.05) is 36.4 Å². The maximum absolute atomic E-state index is 13.2. The predicted molar refractivity (Wildman–Crippen MR) is 147 cm³/mol. The summed E-state index contributed by atoms with van der Waals surface area (Å²) in [4.78, 5) is 34.8. The molecule has 0 saturated carbocycles. The summed E-state index contributed by atoms with van der Waals surface area (Å²) in [6.45, 7) is 5.00. The Bertz CT molecular complexity index is 1580. The molecule has 5 rings (SSSR count). The minimum absolute atomic E-state index is 0.300. The standard InChI is InChI=1S/C26H28FN7O2S/c1-17-4-6-18(7-5-17)16-34-21-22(30(2)26(36)31(3)23(21)35)29-24(34)32-12-14-33(15-13-32)25(37)28-20-10-8-19(27)9-11-20/h4-11H,12-16H2,1-3H3,(H,28,37). The Hall–Kier alpha value is -3.99. The molecule has 0 atom stereocenters. The zero-order valence-electron chi connectivity index (χ0n) is 20.9. The highest BCUT2D eigenvalue weighted by Gasteiger charge is 2.26. The molecule has 1 aliphatic heterocycles. The van der Waals surface area contributed by atoms with E-state index in [1.807, 2.05) is 35.8 Å².